The molecule has 0 saturated carbocycles. The molecule has 5 heteroatoms. The van der Waals surface area contributed by atoms with E-state index in [-0.39, 0.29) is 22.5 Å². The number of rotatable bonds is 8. The van der Waals surface area contributed by atoms with E-state index < -0.39 is 0 Å². The number of amides is 2. The SMILES string of the molecule is CCC(Sc1cccc(NC(=O)CC(C)(C)C)c1)C(=O)Nc1ccc(C(C)C)cc1. The van der Waals surface area contributed by atoms with E-state index in [2.05, 4.69) is 36.6 Å². The summed E-state index contributed by atoms with van der Waals surface area (Å²) < 4.78 is 0. The van der Waals surface area contributed by atoms with Gasteiger partial charge in [-0.3, -0.25) is 9.59 Å². The van der Waals surface area contributed by atoms with Crippen LogP contribution in [-0.2, 0) is 9.59 Å². The quantitative estimate of drug-likeness (QED) is 0.462. The van der Waals surface area contributed by atoms with Gasteiger partial charge in [0.2, 0.25) is 11.8 Å². The van der Waals surface area contributed by atoms with Gasteiger partial charge in [-0.25, -0.2) is 0 Å². The Hall–Kier alpha value is -2.27. The summed E-state index contributed by atoms with van der Waals surface area (Å²) in [6, 6.07) is 15.7. The molecule has 1 unspecified atom stereocenters. The lowest BCUT2D eigenvalue weighted by Gasteiger charge is -2.18. The topological polar surface area (TPSA) is 58.2 Å². The lowest BCUT2D eigenvalue weighted by molar-refractivity contribution is -0.118. The van der Waals surface area contributed by atoms with Crippen LogP contribution in [0.1, 0.15) is 65.9 Å². The van der Waals surface area contributed by atoms with Gasteiger partial charge in [0.05, 0.1) is 5.25 Å². The number of carbonyl (C=O) groups is 2. The number of benzene rings is 2. The predicted molar refractivity (Wildman–Crippen MR) is 128 cm³/mol. The minimum atomic E-state index is -0.213. The van der Waals surface area contributed by atoms with Crippen LogP contribution in [0, 0.1) is 5.41 Å². The van der Waals surface area contributed by atoms with Crippen molar-refractivity contribution in [1.29, 1.82) is 0 Å². The first kappa shape index (κ1) is 24.0. The molecule has 30 heavy (non-hydrogen) atoms. The molecular weight excluding hydrogens is 392 g/mol. The molecule has 0 aliphatic heterocycles. The lowest BCUT2D eigenvalue weighted by Crippen LogP contribution is -2.24. The first-order chi connectivity index (χ1) is 14.1. The maximum Gasteiger partial charge on any atom is 0.237 e. The summed E-state index contributed by atoms with van der Waals surface area (Å²) in [5.41, 5.74) is 2.76. The minimum Gasteiger partial charge on any atom is -0.326 e. The van der Waals surface area contributed by atoms with Crippen molar-refractivity contribution < 1.29 is 9.59 Å². The van der Waals surface area contributed by atoms with Crippen LogP contribution in [0.15, 0.2) is 53.4 Å². The van der Waals surface area contributed by atoms with Crippen LogP contribution in [0.25, 0.3) is 0 Å². The summed E-state index contributed by atoms with van der Waals surface area (Å²) >= 11 is 1.52. The van der Waals surface area contributed by atoms with Gasteiger partial charge in [-0.15, -0.1) is 11.8 Å². The first-order valence-corrected chi connectivity index (χ1v) is 11.4. The zero-order valence-electron chi connectivity index (χ0n) is 18.9. The monoisotopic (exact) mass is 426 g/mol. The van der Waals surface area contributed by atoms with Crippen molar-refractivity contribution in [1.82, 2.24) is 0 Å². The number of carbonyl (C=O) groups excluding carboxylic acids is 2. The largest absolute Gasteiger partial charge is 0.326 e. The zero-order valence-corrected chi connectivity index (χ0v) is 19.7. The molecule has 2 aromatic rings. The zero-order chi connectivity index (χ0) is 22.3. The Kier molecular flexibility index (Phi) is 8.54. The third-order valence-corrected chi connectivity index (χ3v) is 5.95. The molecule has 0 spiro atoms. The number of anilines is 2. The van der Waals surface area contributed by atoms with Crippen LogP contribution < -0.4 is 10.6 Å². The number of hydrogen-bond acceptors (Lipinski definition) is 3. The highest BCUT2D eigenvalue weighted by Gasteiger charge is 2.19. The van der Waals surface area contributed by atoms with Crippen LogP contribution in [0.5, 0.6) is 0 Å². The Bertz CT molecular complexity index is 854. The van der Waals surface area contributed by atoms with Crippen LogP contribution in [0.4, 0.5) is 11.4 Å². The molecule has 0 aliphatic carbocycles. The van der Waals surface area contributed by atoms with Crippen molar-refractivity contribution in [3.05, 3.63) is 54.1 Å². The second-order valence-electron chi connectivity index (χ2n) is 9.09. The van der Waals surface area contributed by atoms with Crippen LogP contribution in [0.2, 0.25) is 0 Å². The fourth-order valence-electron chi connectivity index (χ4n) is 2.99. The van der Waals surface area contributed by atoms with Gasteiger partial charge in [-0.1, -0.05) is 59.7 Å². The second kappa shape index (κ2) is 10.7. The minimum absolute atomic E-state index is 0.000668. The highest BCUT2D eigenvalue weighted by molar-refractivity contribution is 8.00. The Balaban J connectivity index is 2.00. The smallest absolute Gasteiger partial charge is 0.237 e. The number of thioether (sulfide) groups is 1. The second-order valence-corrected chi connectivity index (χ2v) is 10.4. The fourth-order valence-corrected chi connectivity index (χ4v) is 4.01. The van der Waals surface area contributed by atoms with Crippen molar-refractivity contribution in [3.8, 4) is 0 Å². The summed E-state index contributed by atoms with van der Waals surface area (Å²) in [5, 5.41) is 5.77. The van der Waals surface area contributed by atoms with Gasteiger partial charge in [0.1, 0.15) is 0 Å². The summed E-state index contributed by atoms with van der Waals surface area (Å²) in [7, 11) is 0. The molecule has 0 heterocycles. The molecule has 0 aromatic heterocycles. The molecule has 0 fully saturated rings. The Labute approximate surface area is 185 Å². The first-order valence-electron chi connectivity index (χ1n) is 10.5. The maximum absolute atomic E-state index is 12.8. The van der Waals surface area contributed by atoms with E-state index in [0.29, 0.717) is 18.8 Å². The molecule has 0 aliphatic rings. The van der Waals surface area contributed by atoms with Crippen molar-refractivity contribution in [3.63, 3.8) is 0 Å². The number of nitrogens with one attached hydrogen (secondary N) is 2. The molecule has 1 atom stereocenters. The van der Waals surface area contributed by atoms with Gasteiger partial charge >= 0.3 is 0 Å². The maximum atomic E-state index is 12.8. The highest BCUT2D eigenvalue weighted by atomic mass is 32.2. The molecule has 2 rings (SSSR count). The van der Waals surface area contributed by atoms with E-state index in [9.17, 15) is 9.59 Å². The van der Waals surface area contributed by atoms with E-state index in [1.165, 1.54) is 17.3 Å². The van der Waals surface area contributed by atoms with Gasteiger partial charge in [0.25, 0.3) is 0 Å². The average Bonchev–Trinajstić information content (AvgIpc) is 2.65. The molecular formula is C25H34N2O2S. The van der Waals surface area contributed by atoms with Crippen molar-refractivity contribution in [2.75, 3.05) is 10.6 Å². The Morgan fingerprint density at radius 2 is 1.63 bits per heavy atom. The van der Waals surface area contributed by atoms with Gasteiger partial charge < -0.3 is 10.6 Å². The molecule has 162 valence electrons. The average molecular weight is 427 g/mol. The van der Waals surface area contributed by atoms with Crippen LogP contribution in [-0.4, -0.2) is 17.1 Å². The molecule has 4 nitrogen and oxygen atoms in total. The van der Waals surface area contributed by atoms with Gasteiger partial charge in [0.15, 0.2) is 0 Å². The predicted octanol–water partition coefficient (Wildman–Crippen LogP) is 6.69. The van der Waals surface area contributed by atoms with E-state index in [4.69, 9.17) is 0 Å². The number of hydrogen-bond donors (Lipinski definition) is 2. The molecule has 2 aromatic carbocycles. The van der Waals surface area contributed by atoms with E-state index >= 15 is 0 Å². The summed E-state index contributed by atoms with van der Waals surface area (Å²) in [6.45, 7) is 12.4. The van der Waals surface area contributed by atoms with E-state index in [0.717, 1.165) is 16.3 Å². The molecule has 2 amide bonds. The van der Waals surface area contributed by atoms with Gasteiger partial charge in [0, 0.05) is 22.7 Å². The molecule has 0 bridgehead atoms. The van der Waals surface area contributed by atoms with Gasteiger partial charge in [-0.2, -0.15) is 0 Å². The van der Waals surface area contributed by atoms with Crippen molar-refractivity contribution in [2.24, 2.45) is 5.41 Å². The summed E-state index contributed by atoms with van der Waals surface area (Å²) in [5.74, 6) is 0.450. The highest BCUT2D eigenvalue weighted by Crippen LogP contribution is 2.29. The normalized spacial score (nSPS) is 12.5. The standard InChI is InChI=1S/C25H34N2O2S/c1-7-22(24(29)27-19-13-11-18(12-14-19)17(2)3)30-21-10-8-9-20(15-21)26-23(28)16-25(4,5)6/h8-15,17,22H,7,16H2,1-6H3,(H,26,28)(H,27,29). The third-order valence-electron chi connectivity index (χ3n) is 4.60. The fraction of sp³-hybridized carbons (Fsp3) is 0.440. The summed E-state index contributed by atoms with van der Waals surface area (Å²) in [4.78, 5) is 26.0. The molecule has 0 saturated heterocycles. The van der Waals surface area contributed by atoms with E-state index in [1.54, 1.807) is 0 Å². The van der Waals surface area contributed by atoms with E-state index in [1.807, 2.05) is 64.1 Å². The lowest BCUT2D eigenvalue weighted by atomic mass is 9.92. The molecule has 0 radical (unpaired) electrons. The van der Waals surface area contributed by atoms with Crippen molar-refractivity contribution >= 4 is 35.0 Å². The van der Waals surface area contributed by atoms with Crippen LogP contribution >= 0.6 is 11.8 Å². The molecule has 2 N–H and O–H groups in total. The third kappa shape index (κ3) is 7.86. The van der Waals surface area contributed by atoms with Crippen molar-refractivity contribution in [2.45, 2.75) is 70.4 Å². The Morgan fingerprint density at radius 1 is 0.967 bits per heavy atom. The van der Waals surface area contributed by atoms with Gasteiger partial charge in [-0.05, 0) is 53.6 Å². The Morgan fingerprint density at radius 3 is 2.20 bits per heavy atom. The van der Waals surface area contributed by atoms with Crippen LogP contribution in [0.3, 0.4) is 0 Å². The summed E-state index contributed by atoms with van der Waals surface area (Å²) in [6.07, 6.45) is 1.17.